The highest BCUT2D eigenvalue weighted by atomic mass is 16.5. The predicted molar refractivity (Wildman–Crippen MR) is 81.0 cm³/mol. The minimum absolute atomic E-state index is 0.245. The molecule has 2 N–H and O–H groups in total. The van der Waals surface area contributed by atoms with Gasteiger partial charge in [-0.05, 0) is 25.0 Å². The number of hydrogen-bond donors (Lipinski definition) is 1. The molecule has 0 saturated carbocycles. The Kier molecular flexibility index (Phi) is 4.40. The van der Waals surface area contributed by atoms with Crippen molar-refractivity contribution in [3.05, 3.63) is 42.2 Å². The molecule has 0 aliphatic carbocycles. The maximum Gasteiger partial charge on any atom is 0.225 e. The molecule has 0 fully saturated rings. The molecule has 5 heteroatoms. The normalized spacial score (nSPS) is 11.9. The number of ether oxygens (including phenoxy) is 1. The predicted octanol–water partition coefficient (Wildman–Crippen LogP) is 2.13. The lowest BCUT2D eigenvalue weighted by Gasteiger charge is -2.25. The van der Waals surface area contributed by atoms with Crippen LogP contribution in [0, 0.1) is 0 Å². The Balaban J connectivity index is 2.11. The van der Waals surface area contributed by atoms with E-state index in [0.717, 1.165) is 12.2 Å². The summed E-state index contributed by atoms with van der Waals surface area (Å²) in [4.78, 5) is 10.5. The molecule has 5 nitrogen and oxygen atoms in total. The van der Waals surface area contributed by atoms with Gasteiger partial charge in [0.25, 0.3) is 0 Å². The smallest absolute Gasteiger partial charge is 0.225 e. The second-order valence-electron chi connectivity index (χ2n) is 4.79. The lowest BCUT2D eigenvalue weighted by Crippen LogP contribution is -2.32. The van der Waals surface area contributed by atoms with Crippen LogP contribution in [-0.4, -0.2) is 30.2 Å². The highest BCUT2D eigenvalue weighted by Gasteiger charge is 2.15. The average molecular weight is 272 g/mol. The van der Waals surface area contributed by atoms with E-state index < -0.39 is 0 Å². The number of para-hydroxylation sites is 1. The maximum absolute atomic E-state index is 5.60. The Morgan fingerprint density at radius 1 is 1.25 bits per heavy atom. The molecule has 2 aromatic rings. The summed E-state index contributed by atoms with van der Waals surface area (Å²) in [6.07, 6.45) is 4.09. The van der Waals surface area contributed by atoms with Crippen LogP contribution < -0.4 is 15.4 Å². The third-order valence-corrected chi connectivity index (χ3v) is 3.34. The van der Waals surface area contributed by atoms with Crippen molar-refractivity contribution in [3.63, 3.8) is 0 Å². The van der Waals surface area contributed by atoms with E-state index in [0.29, 0.717) is 11.6 Å². The average Bonchev–Trinajstić information content (AvgIpc) is 2.48. The summed E-state index contributed by atoms with van der Waals surface area (Å²) in [7, 11) is 3.67. The van der Waals surface area contributed by atoms with E-state index in [4.69, 9.17) is 10.5 Å². The number of benzene rings is 1. The molecule has 1 atom stereocenters. The summed E-state index contributed by atoms with van der Waals surface area (Å²) in [5.74, 6) is 1.58. The van der Waals surface area contributed by atoms with Gasteiger partial charge in [0.05, 0.1) is 25.2 Å². The van der Waals surface area contributed by atoms with Gasteiger partial charge in [-0.15, -0.1) is 0 Å². The van der Waals surface area contributed by atoms with Crippen LogP contribution in [0.25, 0.3) is 0 Å². The quantitative estimate of drug-likeness (QED) is 0.903. The standard InChI is InChI=1S/C15H20N4O/c1-11(8-12-6-4-5-7-14(12)20-3)19(2)15-17-9-13(16)10-18-15/h4-7,9-11H,8,16H2,1-3H3. The number of nitrogens with zero attached hydrogens (tertiary/aromatic N) is 3. The molecule has 0 radical (unpaired) electrons. The Hall–Kier alpha value is -2.30. The summed E-state index contributed by atoms with van der Waals surface area (Å²) in [6, 6.07) is 8.29. The Labute approximate surface area is 119 Å². The highest BCUT2D eigenvalue weighted by molar-refractivity contribution is 5.39. The number of hydrogen-bond acceptors (Lipinski definition) is 5. The Bertz CT molecular complexity index is 556. The van der Waals surface area contributed by atoms with Gasteiger partial charge in [-0.3, -0.25) is 0 Å². The minimum atomic E-state index is 0.245. The molecule has 0 aliphatic rings. The van der Waals surface area contributed by atoms with Crippen molar-refractivity contribution >= 4 is 11.6 Å². The highest BCUT2D eigenvalue weighted by Crippen LogP contribution is 2.21. The summed E-state index contributed by atoms with van der Waals surface area (Å²) in [5.41, 5.74) is 7.34. The first-order chi connectivity index (χ1) is 9.61. The van der Waals surface area contributed by atoms with E-state index >= 15 is 0 Å². The number of nitrogens with two attached hydrogens (primary N) is 1. The molecule has 20 heavy (non-hydrogen) atoms. The van der Waals surface area contributed by atoms with Crippen LogP contribution in [0.15, 0.2) is 36.7 Å². The van der Waals surface area contributed by atoms with E-state index in [1.807, 2.05) is 30.1 Å². The van der Waals surface area contributed by atoms with Gasteiger partial charge in [0, 0.05) is 13.1 Å². The molecule has 106 valence electrons. The number of likely N-dealkylation sites (N-methyl/N-ethyl adjacent to an activating group) is 1. The molecule has 0 amide bonds. The summed E-state index contributed by atoms with van der Waals surface area (Å²) in [6.45, 7) is 2.13. The minimum Gasteiger partial charge on any atom is -0.496 e. The molecule has 2 rings (SSSR count). The summed E-state index contributed by atoms with van der Waals surface area (Å²) >= 11 is 0. The molecular weight excluding hydrogens is 252 g/mol. The number of rotatable bonds is 5. The fourth-order valence-corrected chi connectivity index (χ4v) is 2.04. The van der Waals surface area contributed by atoms with Crippen LogP contribution in [0.4, 0.5) is 11.6 Å². The molecule has 1 aromatic carbocycles. The van der Waals surface area contributed by atoms with Crippen molar-refractivity contribution in [2.45, 2.75) is 19.4 Å². The van der Waals surface area contributed by atoms with Gasteiger partial charge in [-0.25, -0.2) is 9.97 Å². The molecule has 1 aromatic heterocycles. The van der Waals surface area contributed by atoms with Crippen LogP contribution in [0.2, 0.25) is 0 Å². The molecule has 0 bridgehead atoms. The molecule has 0 spiro atoms. The summed E-state index contributed by atoms with van der Waals surface area (Å²) in [5, 5.41) is 0. The lowest BCUT2D eigenvalue weighted by atomic mass is 10.1. The Morgan fingerprint density at radius 2 is 1.90 bits per heavy atom. The van der Waals surface area contributed by atoms with Gasteiger partial charge in [0.1, 0.15) is 5.75 Å². The van der Waals surface area contributed by atoms with Crippen LogP contribution in [0.1, 0.15) is 12.5 Å². The van der Waals surface area contributed by atoms with Crippen molar-refractivity contribution < 1.29 is 4.74 Å². The van der Waals surface area contributed by atoms with E-state index in [2.05, 4.69) is 23.0 Å². The number of aromatic nitrogens is 2. The van der Waals surface area contributed by atoms with E-state index in [-0.39, 0.29) is 6.04 Å². The summed E-state index contributed by atoms with van der Waals surface area (Å²) < 4.78 is 5.38. The van der Waals surface area contributed by atoms with Crippen molar-refractivity contribution in [3.8, 4) is 5.75 Å². The van der Waals surface area contributed by atoms with Crippen LogP contribution >= 0.6 is 0 Å². The molecule has 0 aliphatic heterocycles. The third kappa shape index (κ3) is 3.17. The van der Waals surface area contributed by atoms with Gasteiger partial charge in [-0.1, -0.05) is 18.2 Å². The van der Waals surface area contributed by atoms with E-state index in [9.17, 15) is 0 Å². The second kappa shape index (κ2) is 6.23. The first-order valence-corrected chi connectivity index (χ1v) is 6.54. The number of methoxy groups -OCH3 is 1. The van der Waals surface area contributed by atoms with Gasteiger partial charge in [0.2, 0.25) is 5.95 Å². The first-order valence-electron chi connectivity index (χ1n) is 6.54. The zero-order valence-electron chi connectivity index (χ0n) is 12.1. The van der Waals surface area contributed by atoms with Gasteiger partial charge in [0.15, 0.2) is 0 Å². The molecule has 1 unspecified atom stereocenters. The molecule has 0 saturated heterocycles. The van der Waals surface area contributed by atoms with Crippen LogP contribution in [0.5, 0.6) is 5.75 Å². The van der Waals surface area contributed by atoms with Crippen molar-refractivity contribution in [2.75, 3.05) is 24.8 Å². The first kappa shape index (κ1) is 14.1. The Morgan fingerprint density at radius 3 is 2.55 bits per heavy atom. The monoisotopic (exact) mass is 272 g/mol. The molecule has 1 heterocycles. The van der Waals surface area contributed by atoms with Crippen molar-refractivity contribution in [1.29, 1.82) is 0 Å². The number of anilines is 2. The van der Waals surface area contributed by atoms with Gasteiger partial charge >= 0.3 is 0 Å². The third-order valence-electron chi connectivity index (χ3n) is 3.34. The van der Waals surface area contributed by atoms with Crippen molar-refractivity contribution in [2.24, 2.45) is 0 Å². The van der Waals surface area contributed by atoms with Gasteiger partial charge in [-0.2, -0.15) is 0 Å². The zero-order valence-corrected chi connectivity index (χ0v) is 12.1. The molecular formula is C15H20N4O. The fourth-order valence-electron chi connectivity index (χ4n) is 2.04. The van der Waals surface area contributed by atoms with E-state index in [1.54, 1.807) is 19.5 Å². The zero-order chi connectivity index (χ0) is 14.5. The SMILES string of the molecule is COc1ccccc1CC(C)N(C)c1ncc(N)cn1. The largest absolute Gasteiger partial charge is 0.496 e. The fraction of sp³-hybridized carbons (Fsp3) is 0.333. The van der Waals surface area contributed by atoms with Gasteiger partial charge < -0.3 is 15.4 Å². The van der Waals surface area contributed by atoms with E-state index in [1.165, 1.54) is 5.56 Å². The number of nitrogen functional groups attached to an aromatic ring is 1. The van der Waals surface area contributed by atoms with Crippen molar-refractivity contribution in [1.82, 2.24) is 9.97 Å². The van der Waals surface area contributed by atoms with Crippen LogP contribution in [0.3, 0.4) is 0 Å². The maximum atomic E-state index is 5.60. The topological polar surface area (TPSA) is 64.3 Å². The van der Waals surface area contributed by atoms with Crippen LogP contribution in [-0.2, 0) is 6.42 Å². The second-order valence-corrected chi connectivity index (χ2v) is 4.79. The lowest BCUT2D eigenvalue weighted by molar-refractivity contribution is 0.408.